The second-order valence-corrected chi connectivity index (χ2v) is 4.10. The zero-order valence-electron chi connectivity index (χ0n) is 7.63. The molecule has 15 heavy (non-hydrogen) atoms. The molecule has 74 valence electrons. The fourth-order valence-corrected chi connectivity index (χ4v) is 1.74. The minimum Gasteiger partial charge on any atom is -0.365 e. The number of rotatable bonds is 0. The Morgan fingerprint density at radius 2 is 1.27 bits per heavy atom. The van der Waals surface area contributed by atoms with Crippen molar-refractivity contribution in [1.82, 2.24) is 0 Å². The molecule has 2 aromatic heterocycles. The van der Waals surface area contributed by atoms with Gasteiger partial charge in [-0.25, -0.2) is 22.7 Å². The topological polar surface area (TPSA) is 0 Å². The molecule has 2 rings (SSSR count). The Kier molecular flexibility index (Phi) is 7.97. The first-order chi connectivity index (χ1) is 6.86. The van der Waals surface area contributed by atoms with E-state index >= 15 is 0 Å². The van der Waals surface area contributed by atoms with Crippen molar-refractivity contribution < 1.29 is 19.5 Å². The van der Waals surface area contributed by atoms with Gasteiger partial charge in [0.2, 0.25) is 0 Å². The summed E-state index contributed by atoms with van der Waals surface area (Å²) in [6.07, 6.45) is 13.2. The molecule has 0 N–H and O–H groups in total. The average molecular weight is 315 g/mol. The van der Waals surface area contributed by atoms with Gasteiger partial charge in [-0.1, -0.05) is 21.9 Å². The molecule has 2 aromatic rings. The molecule has 2 heterocycles. The largest absolute Gasteiger partial charge is 2.00 e. The van der Waals surface area contributed by atoms with Crippen molar-refractivity contribution >= 4 is 22.7 Å². The van der Waals surface area contributed by atoms with Crippen molar-refractivity contribution in [3.05, 3.63) is 57.6 Å². The third-order valence-electron chi connectivity index (χ3n) is 1.29. The summed E-state index contributed by atoms with van der Waals surface area (Å²) < 4.78 is 0. The van der Waals surface area contributed by atoms with Crippen LogP contribution in [-0.2, 0) is 19.5 Å². The van der Waals surface area contributed by atoms with Crippen molar-refractivity contribution in [2.45, 2.75) is 0 Å². The molecule has 0 amide bonds. The summed E-state index contributed by atoms with van der Waals surface area (Å²) in [4.78, 5) is 1.78. The molecule has 0 saturated carbocycles. The minimum absolute atomic E-state index is 0. The predicted molar refractivity (Wildman–Crippen MR) is 61.1 cm³/mol. The second-order valence-electron chi connectivity index (χ2n) is 2.20. The van der Waals surface area contributed by atoms with E-state index in [4.69, 9.17) is 12.8 Å². The molecule has 3 heteroatoms. The molecular formula is C12H6RuS2. The van der Waals surface area contributed by atoms with E-state index in [0.717, 1.165) is 9.75 Å². The van der Waals surface area contributed by atoms with Crippen LogP contribution in [0.25, 0.3) is 0 Å². The van der Waals surface area contributed by atoms with Crippen molar-refractivity contribution in [1.29, 1.82) is 0 Å². The maximum Gasteiger partial charge on any atom is 2.00 e. The normalized spacial score (nSPS) is 7.33. The molecule has 0 unspecified atom stereocenters. The third kappa shape index (κ3) is 5.55. The summed E-state index contributed by atoms with van der Waals surface area (Å²) in [5, 5.41) is 3.85. The van der Waals surface area contributed by atoms with Crippen LogP contribution in [-0.4, -0.2) is 0 Å². The van der Waals surface area contributed by atoms with Gasteiger partial charge in [-0.05, 0) is 10.8 Å². The average Bonchev–Trinajstić information content (AvgIpc) is 2.92. The summed E-state index contributed by atoms with van der Waals surface area (Å²) >= 11 is 3.05. The monoisotopic (exact) mass is 316 g/mol. The molecule has 0 fully saturated rings. The molecule has 0 saturated heterocycles. The molecule has 0 aromatic carbocycles. The molecule has 0 spiro atoms. The summed E-state index contributed by atoms with van der Waals surface area (Å²) in [6.45, 7) is 0. The molecule has 0 aliphatic heterocycles. The molecule has 0 radical (unpaired) electrons. The third-order valence-corrected chi connectivity index (χ3v) is 2.86. The van der Waals surface area contributed by atoms with Crippen molar-refractivity contribution in [2.24, 2.45) is 0 Å². The first kappa shape index (κ1) is 14.1. The van der Waals surface area contributed by atoms with Crippen LogP contribution in [0.3, 0.4) is 0 Å². The maximum atomic E-state index is 6.62. The van der Waals surface area contributed by atoms with Crippen LogP contribution >= 0.6 is 22.7 Å². The van der Waals surface area contributed by atoms with Gasteiger partial charge in [0.15, 0.2) is 0 Å². The van der Waals surface area contributed by atoms with Gasteiger partial charge < -0.3 is 12.8 Å². The van der Waals surface area contributed by atoms with E-state index in [1.165, 1.54) is 22.7 Å². The minimum atomic E-state index is 0. The van der Waals surface area contributed by atoms with Crippen molar-refractivity contribution in [3.63, 3.8) is 0 Å². The van der Waals surface area contributed by atoms with Gasteiger partial charge in [0, 0.05) is 0 Å². The smallest absolute Gasteiger partial charge is 0.365 e. The summed E-state index contributed by atoms with van der Waals surface area (Å²) in [6, 6.07) is 7.53. The first-order valence-corrected chi connectivity index (χ1v) is 5.55. The van der Waals surface area contributed by atoms with Crippen LogP contribution in [0.2, 0.25) is 0 Å². The van der Waals surface area contributed by atoms with E-state index in [2.05, 4.69) is 11.8 Å². The van der Waals surface area contributed by atoms with E-state index < -0.39 is 0 Å². The Morgan fingerprint density at radius 1 is 0.867 bits per heavy atom. The fourth-order valence-electron chi connectivity index (χ4n) is 0.699. The predicted octanol–water partition coefficient (Wildman–Crippen LogP) is 3.37. The zero-order valence-corrected chi connectivity index (χ0v) is 11.0. The van der Waals surface area contributed by atoms with Gasteiger partial charge in [-0.3, -0.25) is 11.8 Å². The van der Waals surface area contributed by atoms with Gasteiger partial charge >= 0.3 is 19.5 Å². The van der Waals surface area contributed by atoms with Crippen molar-refractivity contribution in [3.8, 4) is 11.8 Å². The Hall–Kier alpha value is -0.857. The maximum absolute atomic E-state index is 6.62. The quantitative estimate of drug-likeness (QED) is 0.397. The Balaban J connectivity index is 0.000000245. The standard InChI is InChI=1S/2C6H3S.Ru/c2*1-2-6-4-3-5-7-6;/h2*3-5H;/q2*-1;+2. The summed E-state index contributed by atoms with van der Waals surface area (Å²) in [5.74, 6) is 4.55. The summed E-state index contributed by atoms with van der Waals surface area (Å²) in [5.41, 5.74) is 0. The summed E-state index contributed by atoms with van der Waals surface area (Å²) in [7, 11) is 0. The zero-order chi connectivity index (χ0) is 10.2. The van der Waals surface area contributed by atoms with Crippen LogP contribution in [0.5, 0.6) is 0 Å². The number of thiophene rings is 2. The van der Waals surface area contributed by atoms with Gasteiger partial charge in [0.05, 0.1) is 0 Å². The Morgan fingerprint density at radius 3 is 1.40 bits per heavy atom. The van der Waals surface area contributed by atoms with E-state index in [9.17, 15) is 0 Å². The van der Waals surface area contributed by atoms with Gasteiger partial charge in [-0.2, -0.15) is 0 Å². The first-order valence-electron chi connectivity index (χ1n) is 3.79. The van der Waals surface area contributed by atoms with Crippen LogP contribution in [0.1, 0.15) is 9.75 Å². The number of hydrogen-bond donors (Lipinski definition) is 0. The van der Waals surface area contributed by atoms with Gasteiger partial charge in [-0.15, -0.1) is 12.1 Å². The van der Waals surface area contributed by atoms with Crippen LogP contribution in [0, 0.1) is 24.7 Å². The van der Waals surface area contributed by atoms with Crippen LogP contribution in [0.4, 0.5) is 0 Å². The van der Waals surface area contributed by atoms with Gasteiger partial charge in [0.1, 0.15) is 0 Å². The van der Waals surface area contributed by atoms with E-state index in [-0.39, 0.29) is 19.5 Å². The van der Waals surface area contributed by atoms with Crippen molar-refractivity contribution in [2.75, 3.05) is 0 Å². The molecule has 0 aliphatic carbocycles. The molecular weight excluding hydrogens is 309 g/mol. The molecule has 0 aliphatic rings. The second kappa shape index (κ2) is 8.45. The fraction of sp³-hybridized carbons (Fsp3) is 0. The van der Waals surface area contributed by atoms with E-state index in [1.54, 1.807) is 0 Å². The molecule has 0 nitrogen and oxygen atoms in total. The SMILES string of the molecule is [C-]#Cc1cccs1.[C-]#Cc1cccs1.[Ru+2]. The molecule has 0 atom stereocenters. The van der Waals surface area contributed by atoms with E-state index in [1.807, 2.05) is 35.0 Å². The Labute approximate surface area is 111 Å². The molecule has 0 bridgehead atoms. The van der Waals surface area contributed by atoms with Crippen LogP contribution < -0.4 is 0 Å². The number of hydrogen-bond acceptors (Lipinski definition) is 2. The van der Waals surface area contributed by atoms with E-state index in [0.29, 0.717) is 0 Å². The van der Waals surface area contributed by atoms with Crippen LogP contribution in [0.15, 0.2) is 35.0 Å². The van der Waals surface area contributed by atoms with Gasteiger partial charge in [0.25, 0.3) is 0 Å². The Bertz CT molecular complexity index is 383.